The first kappa shape index (κ1) is 17.9. The molecule has 0 bridgehead atoms. The largest absolute Gasteiger partial charge is 0.462 e. The van der Waals surface area contributed by atoms with E-state index in [2.05, 4.69) is 0 Å². The van der Waals surface area contributed by atoms with E-state index in [4.69, 9.17) is 14.7 Å². The van der Waals surface area contributed by atoms with Crippen LogP contribution in [-0.4, -0.2) is 45.2 Å². The lowest BCUT2D eigenvalue weighted by atomic mass is 10.3. The van der Waals surface area contributed by atoms with Crippen LogP contribution in [0.5, 0.6) is 0 Å². The van der Waals surface area contributed by atoms with E-state index in [-0.39, 0.29) is 38.2 Å². The molecule has 0 aromatic heterocycles. The van der Waals surface area contributed by atoms with Gasteiger partial charge in [-0.15, -0.1) is 0 Å². The van der Waals surface area contributed by atoms with Crippen LogP contribution in [0.3, 0.4) is 0 Å². The van der Waals surface area contributed by atoms with Gasteiger partial charge in [0.15, 0.2) is 15.1 Å². The summed E-state index contributed by atoms with van der Waals surface area (Å²) in [7, 11) is -3.55. The summed E-state index contributed by atoms with van der Waals surface area (Å²) in [6.07, 6.45) is 0.568. The van der Waals surface area contributed by atoms with Gasteiger partial charge in [-0.2, -0.15) is 5.26 Å². The summed E-state index contributed by atoms with van der Waals surface area (Å²) in [6, 6.07) is 1.88. The highest BCUT2D eigenvalue weighted by Crippen LogP contribution is 2.11. The van der Waals surface area contributed by atoms with E-state index < -0.39 is 21.1 Å². The van der Waals surface area contributed by atoms with Gasteiger partial charge in [0.05, 0.1) is 18.4 Å². The molecular formula is C12H21NO5S. The highest BCUT2D eigenvalue weighted by molar-refractivity contribution is 7.92. The van der Waals surface area contributed by atoms with Gasteiger partial charge in [0.1, 0.15) is 6.61 Å². The highest BCUT2D eigenvalue weighted by atomic mass is 32.2. The Balaban J connectivity index is 4.37. The zero-order chi connectivity index (χ0) is 14.7. The van der Waals surface area contributed by atoms with Gasteiger partial charge in [-0.1, -0.05) is 6.92 Å². The maximum absolute atomic E-state index is 11.9. The van der Waals surface area contributed by atoms with Crippen molar-refractivity contribution < 1.29 is 22.7 Å². The second-order valence-electron chi connectivity index (χ2n) is 3.89. The van der Waals surface area contributed by atoms with E-state index in [0.29, 0.717) is 6.61 Å². The van der Waals surface area contributed by atoms with Gasteiger partial charge in [0, 0.05) is 13.0 Å². The van der Waals surface area contributed by atoms with Gasteiger partial charge in [-0.25, -0.2) is 8.42 Å². The topological polar surface area (TPSA) is 93.5 Å². The van der Waals surface area contributed by atoms with Crippen LogP contribution in [0.4, 0.5) is 0 Å². The van der Waals surface area contributed by atoms with Crippen LogP contribution in [0.1, 0.15) is 33.1 Å². The van der Waals surface area contributed by atoms with Crippen molar-refractivity contribution in [3.05, 3.63) is 0 Å². The van der Waals surface area contributed by atoms with Gasteiger partial charge in [0.2, 0.25) is 0 Å². The molecule has 1 unspecified atom stereocenters. The lowest BCUT2D eigenvalue weighted by molar-refractivity contribution is -0.144. The molecule has 0 spiro atoms. The Labute approximate surface area is 114 Å². The number of sulfone groups is 1. The van der Waals surface area contributed by atoms with Crippen LogP contribution in [0.25, 0.3) is 0 Å². The van der Waals surface area contributed by atoms with Gasteiger partial charge < -0.3 is 9.47 Å². The van der Waals surface area contributed by atoms with Crippen molar-refractivity contribution in [3.63, 3.8) is 0 Å². The summed E-state index contributed by atoms with van der Waals surface area (Å²) in [5, 5.41) is 7.24. The smallest absolute Gasteiger partial charge is 0.324 e. The van der Waals surface area contributed by atoms with E-state index in [1.54, 1.807) is 6.92 Å². The fourth-order valence-corrected chi connectivity index (χ4v) is 3.20. The van der Waals surface area contributed by atoms with Crippen molar-refractivity contribution in [2.45, 2.75) is 38.4 Å². The Morgan fingerprint density at radius 2 is 2.00 bits per heavy atom. The van der Waals surface area contributed by atoms with Gasteiger partial charge >= 0.3 is 5.97 Å². The summed E-state index contributed by atoms with van der Waals surface area (Å²) in [5.74, 6) is -0.904. The van der Waals surface area contributed by atoms with Crippen molar-refractivity contribution in [1.29, 1.82) is 5.26 Å². The molecule has 110 valence electrons. The van der Waals surface area contributed by atoms with Gasteiger partial charge in [-0.05, 0) is 19.8 Å². The van der Waals surface area contributed by atoms with Crippen LogP contribution in [0.15, 0.2) is 0 Å². The Morgan fingerprint density at radius 3 is 2.53 bits per heavy atom. The van der Waals surface area contributed by atoms with Crippen LogP contribution < -0.4 is 0 Å². The van der Waals surface area contributed by atoms with Crippen LogP contribution in [-0.2, 0) is 24.1 Å². The van der Waals surface area contributed by atoms with Gasteiger partial charge in [-0.3, -0.25) is 4.79 Å². The van der Waals surface area contributed by atoms with E-state index >= 15 is 0 Å². The zero-order valence-corrected chi connectivity index (χ0v) is 12.2. The monoisotopic (exact) mass is 291 g/mol. The predicted octanol–water partition coefficient (Wildman–Crippen LogP) is 1.06. The zero-order valence-electron chi connectivity index (χ0n) is 11.4. The second kappa shape index (κ2) is 9.75. The lowest BCUT2D eigenvalue weighted by Gasteiger charge is -2.14. The van der Waals surface area contributed by atoms with Crippen molar-refractivity contribution in [2.24, 2.45) is 0 Å². The van der Waals surface area contributed by atoms with Crippen molar-refractivity contribution >= 4 is 15.8 Å². The minimum atomic E-state index is -3.55. The number of ether oxygens (including phenoxy) is 2. The lowest BCUT2D eigenvalue weighted by Crippen LogP contribution is -2.34. The normalized spacial score (nSPS) is 12.7. The molecule has 0 saturated carbocycles. The summed E-state index contributed by atoms with van der Waals surface area (Å²) in [5.41, 5.74) is 0. The maximum atomic E-state index is 11.9. The molecule has 0 radical (unpaired) electrons. The molecule has 0 rings (SSSR count). The fourth-order valence-electron chi connectivity index (χ4n) is 1.50. The summed E-state index contributed by atoms with van der Waals surface area (Å²) in [6.45, 7) is 4.26. The molecule has 0 aliphatic rings. The summed E-state index contributed by atoms with van der Waals surface area (Å²) in [4.78, 5) is 11.7. The number of esters is 1. The molecule has 0 N–H and O–H groups in total. The Bertz CT molecular complexity index is 399. The standard InChI is InChI=1S/C12H21NO5S/c1-3-11(12(14)18-9-8-17-4-2)19(15,16)10-6-5-7-13/h11H,3-6,8-10H2,1-2H3. The first-order chi connectivity index (χ1) is 8.99. The molecule has 0 aromatic carbocycles. The van der Waals surface area contributed by atoms with E-state index in [1.807, 2.05) is 13.0 Å². The molecular weight excluding hydrogens is 270 g/mol. The van der Waals surface area contributed by atoms with Crippen LogP contribution in [0, 0.1) is 11.3 Å². The fraction of sp³-hybridized carbons (Fsp3) is 0.833. The third-order valence-corrected chi connectivity index (χ3v) is 4.71. The second-order valence-corrected chi connectivity index (χ2v) is 6.19. The molecule has 19 heavy (non-hydrogen) atoms. The number of carbonyl (C=O) groups excluding carboxylic acids is 1. The molecule has 1 atom stereocenters. The number of hydrogen-bond acceptors (Lipinski definition) is 6. The molecule has 0 aromatic rings. The van der Waals surface area contributed by atoms with E-state index in [9.17, 15) is 13.2 Å². The molecule has 0 fully saturated rings. The Kier molecular flexibility index (Phi) is 9.17. The number of nitriles is 1. The predicted molar refractivity (Wildman–Crippen MR) is 70.2 cm³/mol. The van der Waals surface area contributed by atoms with Crippen LogP contribution >= 0.6 is 0 Å². The number of unbranched alkanes of at least 4 members (excludes halogenated alkanes) is 1. The minimum absolute atomic E-state index is 0.0525. The third-order valence-electron chi connectivity index (χ3n) is 2.46. The van der Waals surface area contributed by atoms with E-state index in [1.165, 1.54) is 0 Å². The minimum Gasteiger partial charge on any atom is -0.462 e. The molecule has 0 amide bonds. The first-order valence-electron chi connectivity index (χ1n) is 6.32. The Hall–Kier alpha value is -1.13. The molecule has 0 aliphatic carbocycles. The molecule has 0 aliphatic heterocycles. The first-order valence-corrected chi connectivity index (χ1v) is 8.04. The molecule has 6 nitrogen and oxygen atoms in total. The van der Waals surface area contributed by atoms with Crippen LogP contribution in [0.2, 0.25) is 0 Å². The number of rotatable bonds is 10. The number of carbonyl (C=O) groups is 1. The SMILES string of the molecule is CCOCCOC(=O)C(CC)S(=O)(=O)CCCC#N. The molecule has 0 heterocycles. The van der Waals surface area contributed by atoms with Gasteiger partial charge in [0.25, 0.3) is 0 Å². The quantitative estimate of drug-likeness (QED) is 0.441. The average molecular weight is 291 g/mol. The average Bonchev–Trinajstić information content (AvgIpc) is 2.35. The summed E-state index contributed by atoms with van der Waals surface area (Å²) < 4.78 is 33.7. The third kappa shape index (κ3) is 7.13. The highest BCUT2D eigenvalue weighted by Gasteiger charge is 2.31. The number of nitrogens with zero attached hydrogens (tertiary/aromatic N) is 1. The molecule has 7 heteroatoms. The van der Waals surface area contributed by atoms with E-state index in [0.717, 1.165) is 0 Å². The Morgan fingerprint density at radius 1 is 1.32 bits per heavy atom. The maximum Gasteiger partial charge on any atom is 0.324 e. The van der Waals surface area contributed by atoms with Crippen molar-refractivity contribution in [1.82, 2.24) is 0 Å². The molecule has 0 saturated heterocycles. The number of hydrogen-bond donors (Lipinski definition) is 0. The van der Waals surface area contributed by atoms with Crippen molar-refractivity contribution in [2.75, 3.05) is 25.6 Å². The van der Waals surface area contributed by atoms with Crippen molar-refractivity contribution in [3.8, 4) is 6.07 Å². The summed E-state index contributed by atoms with van der Waals surface area (Å²) >= 11 is 0.